The number of amides is 1. The Hall–Kier alpha value is -2.80. The molecule has 0 unspecified atom stereocenters. The molecule has 140 valence electrons. The first-order chi connectivity index (χ1) is 12.8. The monoisotopic (exact) mass is 382 g/mol. The van der Waals surface area contributed by atoms with E-state index in [-0.39, 0.29) is 17.5 Å². The summed E-state index contributed by atoms with van der Waals surface area (Å²) in [6, 6.07) is 10.3. The lowest BCUT2D eigenvalue weighted by Gasteiger charge is -2.24. The molecule has 27 heavy (non-hydrogen) atoms. The van der Waals surface area contributed by atoms with Crippen molar-refractivity contribution in [1.82, 2.24) is 19.7 Å². The van der Waals surface area contributed by atoms with Gasteiger partial charge in [-0.1, -0.05) is 12.1 Å². The first-order valence-corrected chi connectivity index (χ1v) is 9.45. The van der Waals surface area contributed by atoms with Gasteiger partial charge < -0.3 is 4.90 Å². The largest absolute Gasteiger partial charge is 0.333 e. The number of rotatable bonds is 4. The van der Waals surface area contributed by atoms with E-state index in [9.17, 15) is 9.59 Å². The van der Waals surface area contributed by atoms with Gasteiger partial charge in [0.1, 0.15) is 0 Å². The maximum atomic E-state index is 13.0. The molecular weight excluding hydrogens is 360 g/mol. The molecule has 2 heterocycles. The molecule has 3 aromatic rings. The van der Waals surface area contributed by atoms with Crippen molar-refractivity contribution in [3.05, 3.63) is 67.9 Å². The third kappa shape index (κ3) is 3.83. The Morgan fingerprint density at radius 3 is 2.59 bits per heavy atom. The van der Waals surface area contributed by atoms with Crippen LogP contribution in [0.4, 0.5) is 0 Å². The number of aryl methyl sites for hydroxylation is 3. The summed E-state index contributed by atoms with van der Waals surface area (Å²) in [7, 11) is 3.40. The standard InChI is InChI=1S/C20H22N4O2S/c1-12(19-13(2)27-14(3)21-19)23(4)20(26)16-8-6-7-15(11-16)17-9-10-18(25)24(5)22-17/h6-12H,1-5H3/t12-/m1/s1. The molecule has 1 amide bonds. The molecule has 0 N–H and O–H groups in total. The Balaban J connectivity index is 1.89. The van der Waals surface area contributed by atoms with Gasteiger partial charge in [-0.25, -0.2) is 9.67 Å². The number of carbonyl (C=O) groups excluding carboxylic acids is 1. The van der Waals surface area contributed by atoms with E-state index in [1.165, 1.54) is 10.7 Å². The third-order valence-electron chi connectivity index (χ3n) is 4.60. The lowest BCUT2D eigenvalue weighted by Crippen LogP contribution is -2.30. The molecule has 6 nitrogen and oxygen atoms in total. The summed E-state index contributed by atoms with van der Waals surface area (Å²) >= 11 is 1.64. The lowest BCUT2D eigenvalue weighted by atomic mass is 10.1. The van der Waals surface area contributed by atoms with Gasteiger partial charge in [0.25, 0.3) is 11.5 Å². The topological polar surface area (TPSA) is 68.1 Å². The zero-order chi connectivity index (χ0) is 19.7. The number of aromatic nitrogens is 3. The quantitative estimate of drug-likeness (QED) is 0.694. The van der Waals surface area contributed by atoms with Crippen LogP contribution >= 0.6 is 11.3 Å². The number of hydrogen-bond acceptors (Lipinski definition) is 5. The van der Waals surface area contributed by atoms with Gasteiger partial charge in [0.05, 0.1) is 22.4 Å². The average Bonchev–Trinajstić information content (AvgIpc) is 3.00. The molecule has 0 aliphatic heterocycles. The van der Waals surface area contributed by atoms with Crippen LogP contribution in [0.1, 0.15) is 38.9 Å². The van der Waals surface area contributed by atoms with E-state index in [0.29, 0.717) is 11.3 Å². The van der Waals surface area contributed by atoms with Crippen LogP contribution in [0.15, 0.2) is 41.2 Å². The number of thiazole rings is 1. The molecule has 2 aromatic heterocycles. The van der Waals surface area contributed by atoms with E-state index in [4.69, 9.17) is 0 Å². The lowest BCUT2D eigenvalue weighted by molar-refractivity contribution is 0.0740. The predicted octanol–water partition coefficient (Wildman–Crippen LogP) is 3.35. The van der Waals surface area contributed by atoms with Crippen LogP contribution in [0.5, 0.6) is 0 Å². The Kier molecular flexibility index (Phi) is 5.23. The molecule has 0 fully saturated rings. The van der Waals surface area contributed by atoms with Crippen LogP contribution in [0.2, 0.25) is 0 Å². The zero-order valence-corrected chi connectivity index (χ0v) is 16.9. The molecular formula is C20H22N4O2S. The first kappa shape index (κ1) is 19.0. The van der Waals surface area contributed by atoms with E-state index < -0.39 is 0 Å². The van der Waals surface area contributed by atoms with Crippen molar-refractivity contribution in [2.75, 3.05) is 7.05 Å². The minimum Gasteiger partial charge on any atom is -0.333 e. The molecule has 0 radical (unpaired) electrons. The van der Waals surface area contributed by atoms with Crippen molar-refractivity contribution in [1.29, 1.82) is 0 Å². The molecule has 0 saturated carbocycles. The van der Waals surface area contributed by atoms with Gasteiger partial charge in [-0.3, -0.25) is 9.59 Å². The number of nitrogens with zero attached hydrogens (tertiary/aromatic N) is 4. The second-order valence-electron chi connectivity index (χ2n) is 6.53. The van der Waals surface area contributed by atoms with E-state index in [2.05, 4.69) is 10.1 Å². The fraction of sp³-hybridized carbons (Fsp3) is 0.300. The molecule has 0 saturated heterocycles. The van der Waals surface area contributed by atoms with Gasteiger partial charge in [-0.2, -0.15) is 5.10 Å². The van der Waals surface area contributed by atoms with E-state index in [1.807, 2.05) is 32.9 Å². The zero-order valence-electron chi connectivity index (χ0n) is 16.1. The maximum Gasteiger partial charge on any atom is 0.266 e. The van der Waals surface area contributed by atoms with Crippen molar-refractivity contribution in [2.24, 2.45) is 7.05 Å². The van der Waals surface area contributed by atoms with Gasteiger partial charge >= 0.3 is 0 Å². The second kappa shape index (κ2) is 7.44. The van der Waals surface area contributed by atoms with Crippen molar-refractivity contribution in [3.63, 3.8) is 0 Å². The Bertz CT molecular complexity index is 1050. The first-order valence-electron chi connectivity index (χ1n) is 8.64. The van der Waals surface area contributed by atoms with Crippen LogP contribution in [0.25, 0.3) is 11.3 Å². The van der Waals surface area contributed by atoms with Crippen LogP contribution < -0.4 is 5.56 Å². The molecule has 1 aromatic carbocycles. The normalized spacial score (nSPS) is 12.0. The number of carbonyl (C=O) groups is 1. The molecule has 3 rings (SSSR count). The summed E-state index contributed by atoms with van der Waals surface area (Å²) in [6.07, 6.45) is 0. The molecule has 1 atom stereocenters. The van der Waals surface area contributed by atoms with E-state index in [1.54, 1.807) is 48.5 Å². The molecule has 0 spiro atoms. The van der Waals surface area contributed by atoms with E-state index >= 15 is 0 Å². The molecule has 0 aliphatic carbocycles. The van der Waals surface area contributed by atoms with Gasteiger partial charge in [0, 0.05) is 36.2 Å². The van der Waals surface area contributed by atoms with Crippen molar-refractivity contribution in [2.45, 2.75) is 26.8 Å². The van der Waals surface area contributed by atoms with Crippen LogP contribution in [0.3, 0.4) is 0 Å². The van der Waals surface area contributed by atoms with Crippen LogP contribution in [0, 0.1) is 13.8 Å². The second-order valence-corrected chi connectivity index (χ2v) is 7.93. The van der Waals surface area contributed by atoms with Gasteiger partial charge in [-0.15, -0.1) is 11.3 Å². The summed E-state index contributed by atoms with van der Waals surface area (Å²) in [6.45, 7) is 5.98. The summed E-state index contributed by atoms with van der Waals surface area (Å²) in [5.74, 6) is -0.0841. The summed E-state index contributed by atoms with van der Waals surface area (Å²) < 4.78 is 1.28. The fourth-order valence-electron chi connectivity index (χ4n) is 2.96. The highest BCUT2D eigenvalue weighted by molar-refractivity contribution is 7.11. The summed E-state index contributed by atoms with van der Waals surface area (Å²) in [4.78, 5) is 32.0. The minimum atomic E-state index is -0.173. The highest BCUT2D eigenvalue weighted by Crippen LogP contribution is 2.27. The van der Waals surface area contributed by atoms with Crippen LogP contribution in [-0.4, -0.2) is 32.6 Å². The summed E-state index contributed by atoms with van der Waals surface area (Å²) in [5, 5.41) is 5.25. The van der Waals surface area contributed by atoms with Gasteiger partial charge in [-0.05, 0) is 39.0 Å². The third-order valence-corrected chi connectivity index (χ3v) is 5.50. The highest BCUT2D eigenvalue weighted by Gasteiger charge is 2.23. The fourth-order valence-corrected chi connectivity index (χ4v) is 3.87. The number of benzene rings is 1. The SMILES string of the molecule is Cc1nc([C@@H](C)N(C)C(=O)c2cccc(-c3ccc(=O)n(C)n3)c2)c(C)s1. The molecule has 0 bridgehead atoms. The minimum absolute atomic E-state index is 0.0841. The van der Waals surface area contributed by atoms with E-state index in [0.717, 1.165) is 21.1 Å². The van der Waals surface area contributed by atoms with Gasteiger partial charge in [0.2, 0.25) is 0 Å². The average molecular weight is 382 g/mol. The Morgan fingerprint density at radius 2 is 1.96 bits per heavy atom. The smallest absolute Gasteiger partial charge is 0.266 e. The van der Waals surface area contributed by atoms with Crippen molar-refractivity contribution >= 4 is 17.2 Å². The summed E-state index contributed by atoms with van der Waals surface area (Å²) in [5.41, 5.74) is 2.77. The Labute approximate surface area is 162 Å². The maximum absolute atomic E-state index is 13.0. The Morgan fingerprint density at radius 1 is 1.22 bits per heavy atom. The predicted molar refractivity (Wildman–Crippen MR) is 107 cm³/mol. The molecule has 7 heteroatoms. The van der Waals surface area contributed by atoms with Crippen molar-refractivity contribution in [3.8, 4) is 11.3 Å². The van der Waals surface area contributed by atoms with Crippen LogP contribution in [-0.2, 0) is 7.05 Å². The number of hydrogen-bond donors (Lipinski definition) is 0. The molecule has 0 aliphatic rings. The van der Waals surface area contributed by atoms with Crippen molar-refractivity contribution < 1.29 is 4.79 Å². The van der Waals surface area contributed by atoms with Gasteiger partial charge in [0.15, 0.2) is 0 Å². The highest BCUT2D eigenvalue weighted by atomic mass is 32.1.